The molecule has 1 aromatic carbocycles. The topological polar surface area (TPSA) is 89.0 Å². The van der Waals surface area contributed by atoms with Gasteiger partial charge in [-0.15, -0.1) is 5.10 Å². The van der Waals surface area contributed by atoms with Crippen LogP contribution in [0, 0.1) is 0 Å². The zero-order valence-electron chi connectivity index (χ0n) is 11.0. The first kappa shape index (κ1) is 13.5. The minimum absolute atomic E-state index is 0.206. The van der Waals surface area contributed by atoms with Crippen molar-refractivity contribution in [2.75, 3.05) is 6.79 Å². The highest BCUT2D eigenvalue weighted by molar-refractivity contribution is 8.18. The lowest BCUT2D eigenvalue weighted by atomic mass is 10.2. The van der Waals surface area contributed by atoms with Gasteiger partial charge in [-0.05, 0) is 35.5 Å². The highest BCUT2D eigenvalue weighted by atomic mass is 32.2. The third-order valence-corrected chi connectivity index (χ3v) is 3.57. The molecule has 2 aliphatic heterocycles. The maximum Gasteiger partial charge on any atom is 0.264 e. The van der Waals surface area contributed by atoms with E-state index in [1.54, 1.807) is 18.2 Å². The normalized spacial score (nSPS) is 20.0. The summed E-state index contributed by atoms with van der Waals surface area (Å²) in [7, 11) is 0. The zero-order chi connectivity index (χ0) is 14.8. The fourth-order valence-corrected chi connectivity index (χ4v) is 2.55. The van der Waals surface area contributed by atoms with Gasteiger partial charge in [0.1, 0.15) is 0 Å². The van der Waals surface area contributed by atoms with E-state index in [0.717, 1.165) is 17.3 Å². The number of nitrogens with one attached hydrogen (secondary N) is 2. The summed E-state index contributed by atoms with van der Waals surface area (Å²) < 4.78 is 10.5. The second kappa shape index (κ2) is 5.49. The second-order valence-corrected chi connectivity index (χ2v) is 5.29. The molecule has 0 aliphatic carbocycles. The summed E-state index contributed by atoms with van der Waals surface area (Å²) in [6.07, 6.45) is 1.72. The molecule has 3 rings (SSSR count). The number of benzene rings is 1. The molecule has 1 aromatic rings. The van der Waals surface area contributed by atoms with E-state index in [9.17, 15) is 9.59 Å². The van der Waals surface area contributed by atoms with Crippen molar-refractivity contribution in [2.45, 2.75) is 6.92 Å². The minimum atomic E-state index is -0.300. The van der Waals surface area contributed by atoms with Crippen molar-refractivity contribution in [2.24, 2.45) is 5.10 Å². The van der Waals surface area contributed by atoms with Crippen LogP contribution in [0.5, 0.6) is 11.5 Å². The molecule has 1 fully saturated rings. The van der Waals surface area contributed by atoms with Gasteiger partial charge in [-0.2, -0.15) is 0 Å². The van der Waals surface area contributed by atoms with E-state index in [1.165, 1.54) is 6.92 Å². The Hall–Kier alpha value is -2.48. The van der Waals surface area contributed by atoms with E-state index in [1.807, 2.05) is 6.07 Å². The van der Waals surface area contributed by atoms with Crippen LogP contribution >= 0.6 is 11.8 Å². The van der Waals surface area contributed by atoms with Crippen molar-refractivity contribution >= 4 is 34.8 Å². The number of thioether (sulfide) groups is 1. The monoisotopic (exact) mass is 305 g/mol. The highest BCUT2D eigenvalue weighted by Crippen LogP contribution is 2.34. The molecule has 1 saturated heterocycles. The van der Waals surface area contributed by atoms with Crippen LogP contribution in [0.25, 0.3) is 6.08 Å². The smallest absolute Gasteiger partial charge is 0.264 e. The molecule has 2 heterocycles. The first-order chi connectivity index (χ1) is 10.1. The molecule has 0 bridgehead atoms. The van der Waals surface area contributed by atoms with Crippen LogP contribution in [0.2, 0.25) is 0 Å². The predicted octanol–water partition coefficient (Wildman–Crippen LogP) is 1.03. The summed E-state index contributed by atoms with van der Waals surface area (Å²) in [5, 5.41) is 6.69. The number of rotatable bonds is 2. The zero-order valence-corrected chi connectivity index (χ0v) is 11.8. The average Bonchev–Trinajstić information content (AvgIpc) is 3.03. The molecule has 0 aromatic heterocycles. The van der Waals surface area contributed by atoms with Gasteiger partial charge in [-0.3, -0.25) is 14.9 Å². The molecule has 8 heteroatoms. The molecule has 0 unspecified atom stereocenters. The van der Waals surface area contributed by atoms with E-state index in [4.69, 9.17) is 9.47 Å². The number of carbonyl (C=O) groups excluding carboxylic acids is 2. The van der Waals surface area contributed by atoms with E-state index in [-0.39, 0.29) is 18.6 Å². The lowest BCUT2D eigenvalue weighted by Gasteiger charge is -1.98. The van der Waals surface area contributed by atoms with Gasteiger partial charge in [-0.1, -0.05) is 6.07 Å². The molecule has 108 valence electrons. The summed E-state index contributed by atoms with van der Waals surface area (Å²) >= 11 is 1.15. The molecule has 21 heavy (non-hydrogen) atoms. The Bertz CT molecular complexity index is 684. The molecule has 2 amide bonds. The SMILES string of the molecule is CC(=O)N/N=C1\NC(=O)/C(=C/c2ccc3c(c2)OCO3)S1. The number of ether oxygens (including phenoxy) is 2. The molecule has 2 aliphatic rings. The van der Waals surface area contributed by atoms with Gasteiger partial charge in [0.25, 0.3) is 5.91 Å². The van der Waals surface area contributed by atoms with Crippen molar-refractivity contribution in [3.8, 4) is 11.5 Å². The first-order valence-electron chi connectivity index (χ1n) is 6.06. The molecule has 0 radical (unpaired) electrons. The van der Waals surface area contributed by atoms with Crippen LogP contribution < -0.4 is 20.2 Å². The van der Waals surface area contributed by atoms with Crippen LogP contribution in [-0.4, -0.2) is 23.8 Å². The molecule has 0 atom stereocenters. The van der Waals surface area contributed by atoms with Crippen LogP contribution in [0.3, 0.4) is 0 Å². The first-order valence-corrected chi connectivity index (χ1v) is 6.88. The Morgan fingerprint density at radius 3 is 3.05 bits per heavy atom. The summed E-state index contributed by atoms with van der Waals surface area (Å²) in [5.41, 5.74) is 3.09. The van der Waals surface area contributed by atoms with Gasteiger partial charge in [0.05, 0.1) is 4.91 Å². The van der Waals surface area contributed by atoms with Gasteiger partial charge in [0.15, 0.2) is 16.7 Å². The van der Waals surface area contributed by atoms with Crippen LogP contribution in [0.4, 0.5) is 0 Å². The molecule has 0 spiro atoms. The van der Waals surface area contributed by atoms with Gasteiger partial charge >= 0.3 is 0 Å². The Morgan fingerprint density at radius 2 is 2.24 bits per heavy atom. The highest BCUT2D eigenvalue weighted by Gasteiger charge is 2.24. The van der Waals surface area contributed by atoms with E-state index < -0.39 is 0 Å². The van der Waals surface area contributed by atoms with Gasteiger partial charge < -0.3 is 9.47 Å². The Labute approximate surface area is 124 Å². The number of amidine groups is 1. The number of amides is 2. The predicted molar refractivity (Wildman–Crippen MR) is 77.5 cm³/mol. The maximum absolute atomic E-state index is 11.8. The third-order valence-electron chi connectivity index (χ3n) is 2.66. The Kier molecular flexibility index (Phi) is 3.53. The van der Waals surface area contributed by atoms with Gasteiger partial charge in [-0.25, -0.2) is 5.43 Å². The van der Waals surface area contributed by atoms with E-state index >= 15 is 0 Å². The van der Waals surface area contributed by atoms with E-state index in [2.05, 4.69) is 15.8 Å². The Morgan fingerprint density at radius 1 is 1.43 bits per heavy atom. The number of hydrazone groups is 1. The number of hydrogen-bond acceptors (Lipinski definition) is 6. The fourth-order valence-electron chi connectivity index (χ4n) is 1.76. The third kappa shape index (κ3) is 3.00. The molecular weight excluding hydrogens is 294 g/mol. The maximum atomic E-state index is 11.8. The van der Waals surface area contributed by atoms with Crippen LogP contribution in [-0.2, 0) is 9.59 Å². The summed E-state index contributed by atoms with van der Waals surface area (Å²) in [6, 6.07) is 5.42. The lowest BCUT2D eigenvalue weighted by Crippen LogP contribution is -2.23. The van der Waals surface area contributed by atoms with Gasteiger partial charge in [0.2, 0.25) is 12.7 Å². The molecule has 2 N–H and O–H groups in total. The fraction of sp³-hybridized carbons (Fsp3) is 0.154. The van der Waals surface area contributed by atoms with E-state index in [0.29, 0.717) is 21.6 Å². The summed E-state index contributed by atoms with van der Waals surface area (Å²) in [5.74, 6) is 0.779. The van der Waals surface area contributed by atoms with Crippen LogP contribution in [0.15, 0.2) is 28.2 Å². The number of nitrogens with zero attached hydrogens (tertiary/aromatic N) is 1. The molecular formula is C13H11N3O4S. The standard InChI is InChI=1S/C13H11N3O4S/c1-7(17)15-16-13-14-12(18)11(21-13)5-8-2-3-9-10(4-8)20-6-19-9/h2-5H,6H2,1H3,(H,15,17)(H,14,16,18)/b11-5-. The van der Waals surface area contributed by atoms with Crippen molar-refractivity contribution < 1.29 is 19.1 Å². The summed E-state index contributed by atoms with van der Waals surface area (Å²) in [4.78, 5) is 23.1. The summed E-state index contributed by atoms with van der Waals surface area (Å²) in [6.45, 7) is 1.55. The van der Waals surface area contributed by atoms with Crippen molar-refractivity contribution in [1.29, 1.82) is 0 Å². The Balaban J connectivity index is 1.79. The van der Waals surface area contributed by atoms with Crippen molar-refractivity contribution in [1.82, 2.24) is 10.7 Å². The number of fused-ring (bicyclic) bond motifs is 1. The molecule has 0 saturated carbocycles. The second-order valence-electron chi connectivity index (χ2n) is 4.26. The molecule has 7 nitrogen and oxygen atoms in total. The van der Waals surface area contributed by atoms with Crippen LogP contribution in [0.1, 0.15) is 12.5 Å². The average molecular weight is 305 g/mol. The van der Waals surface area contributed by atoms with Crippen molar-refractivity contribution in [3.63, 3.8) is 0 Å². The largest absolute Gasteiger partial charge is 0.454 e. The van der Waals surface area contributed by atoms with Crippen molar-refractivity contribution in [3.05, 3.63) is 28.7 Å². The minimum Gasteiger partial charge on any atom is -0.454 e. The number of carbonyl (C=O) groups is 2. The quantitative estimate of drug-likeness (QED) is 0.629. The number of hydrogen-bond donors (Lipinski definition) is 2. The van der Waals surface area contributed by atoms with Gasteiger partial charge in [0, 0.05) is 6.92 Å². The lowest BCUT2D eigenvalue weighted by molar-refractivity contribution is -0.119.